The molecule has 28 heteroatoms. The van der Waals surface area contributed by atoms with Gasteiger partial charge in [0.25, 0.3) is 43.2 Å². The van der Waals surface area contributed by atoms with Crippen LogP contribution in [0.4, 0.5) is 22.7 Å². The van der Waals surface area contributed by atoms with Crippen LogP contribution in [0.1, 0.15) is 218 Å². The molecule has 0 radical (unpaired) electrons. The van der Waals surface area contributed by atoms with Crippen LogP contribution < -0.4 is 29.6 Å². The summed E-state index contributed by atoms with van der Waals surface area (Å²) < 4.78 is 82.5. The summed E-state index contributed by atoms with van der Waals surface area (Å²) in [7, 11) is -9.05. The lowest BCUT2D eigenvalue weighted by Gasteiger charge is -2.38. The Morgan fingerprint density at radius 3 is 1.22 bits per heavy atom. The van der Waals surface area contributed by atoms with Crippen LogP contribution in [-0.2, 0) is 29.5 Å². The van der Waals surface area contributed by atoms with E-state index in [1.165, 1.54) is 97.9 Å². The molecule has 2 unspecified atom stereocenters. The predicted molar refractivity (Wildman–Crippen MR) is 449 cm³/mol. The summed E-state index contributed by atoms with van der Waals surface area (Å²) in [5.41, 5.74) is 8.92. The fraction of sp³-hybridized carbons (Fsp3) is 0.422. The Labute approximate surface area is 686 Å². The minimum atomic E-state index is -4.53. The van der Waals surface area contributed by atoms with Gasteiger partial charge in [0.2, 0.25) is 0 Å². The van der Waals surface area contributed by atoms with E-state index in [9.17, 15) is 46.7 Å². The molecular formula is C90H100N12O14S2. The van der Waals surface area contributed by atoms with Crippen molar-refractivity contribution in [3.63, 3.8) is 0 Å². The molecule has 4 aromatic heterocycles. The molecule has 4 saturated heterocycles. The fourth-order valence-electron chi connectivity index (χ4n) is 18.7. The number of sulfonamides is 2. The molecule has 2 amide bonds. The number of nitrogens with zero attached hydrogens (tertiary/aromatic N) is 6. The van der Waals surface area contributed by atoms with Gasteiger partial charge in [-0.05, 0) is 283 Å². The lowest BCUT2D eigenvalue weighted by atomic mass is 9.80. The molecule has 8 heterocycles. The molecule has 4 saturated carbocycles. The number of nitrogens with one attached hydrogen (secondary N) is 6. The van der Waals surface area contributed by atoms with Crippen molar-refractivity contribution in [2.45, 2.75) is 186 Å². The number of hydrogen-bond acceptors (Lipinski definition) is 20. The number of aromatic amines is 2. The second-order valence-electron chi connectivity index (χ2n) is 33.2. The zero-order valence-corrected chi connectivity index (χ0v) is 67.6. The Bertz CT molecular complexity index is 5250. The highest BCUT2D eigenvalue weighted by molar-refractivity contribution is 7.90. The molecule has 4 aliphatic carbocycles. The second kappa shape index (κ2) is 35.1. The van der Waals surface area contributed by atoms with Gasteiger partial charge in [0.15, 0.2) is 0 Å². The minimum absolute atomic E-state index is 0.0118. The third-order valence-electron chi connectivity index (χ3n) is 25.5. The number of H-pyrrole nitrogens is 2. The van der Waals surface area contributed by atoms with Gasteiger partial charge in [0.1, 0.15) is 45.7 Å². The van der Waals surface area contributed by atoms with Crippen molar-refractivity contribution in [1.29, 1.82) is 0 Å². The number of hydrogen-bond donors (Lipinski definition) is 6. The van der Waals surface area contributed by atoms with Gasteiger partial charge in [-0.3, -0.25) is 39.6 Å². The first-order valence-electron chi connectivity index (χ1n) is 41.9. The highest BCUT2D eigenvalue weighted by Crippen LogP contribution is 2.48. The van der Waals surface area contributed by atoms with Crippen molar-refractivity contribution in [2.75, 3.05) is 63.2 Å². The smallest absolute Gasteiger partial charge is 0.293 e. The first-order chi connectivity index (χ1) is 57.4. The maximum atomic E-state index is 13.9. The zero-order valence-electron chi connectivity index (χ0n) is 66.0. The predicted octanol–water partition coefficient (Wildman–Crippen LogP) is 17.9. The molecular weight excluding hydrogens is 1540 g/mol. The van der Waals surface area contributed by atoms with Crippen molar-refractivity contribution in [3.8, 4) is 23.0 Å². The van der Waals surface area contributed by atoms with E-state index in [-0.39, 0.29) is 57.7 Å². The van der Waals surface area contributed by atoms with Crippen molar-refractivity contribution >= 4 is 76.7 Å². The molecule has 8 aliphatic rings. The van der Waals surface area contributed by atoms with Crippen LogP contribution in [0.15, 0.2) is 180 Å². The first-order valence-corrected chi connectivity index (χ1v) is 44.9. The van der Waals surface area contributed by atoms with Crippen LogP contribution in [0.3, 0.4) is 0 Å². The number of aromatic nitrogens is 4. The van der Waals surface area contributed by atoms with E-state index < -0.39 is 62.9 Å². The van der Waals surface area contributed by atoms with Gasteiger partial charge in [-0.2, -0.15) is 0 Å². The van der Waals surface area contributed by atoms with E-state index >= 15 is 0 Å². The molecule has 6 aromatic carbocycles. The topological polar surface area (TPSA) is 338 Å². The summed E-state index contributed by atoms with van der Waals surface area (Å²) in [5.74, 6) is 1.85. The fourth-order valence-corrected chi connectivity index (χ4v) is 20.7. The van der Waals surface area contributed by atoms with Crippen LogP contribution in [-0.4, -0.2) is 133 Å². The third kappa shape index (κ3) is 18.5. The number of carbonyl (C=O) groups is 2. The van der Waals surface area contributed by atoms with E-state index in [1.54, 1.807) is 49.1 Å². The van der Waals surface area contributed by atoms with E-state index in [2.05, 4.69) is 98.3 Å². The molecule has 0 bridgehead atoms. The highest BCUT2D eigenvalue weighted by Gasteiger charge is 2.39. The maximum absolute atomic E-state index is 13.9. The third-order valence-corrected chi connectivity index (χ3v) is 28.2. The van der Waals surface area contributed by atoms with Crippen LogP contribution in [0.25, 0.3) is 22.1 Å². The molecule has 8 fully saturated rings. The van der Waals surface area contributed by atoms with Crippen molar-refractivity contribution < 1.29 is 55.2 Å². The SMILES string of the molecule is O=C(NS(=O)(=O)c1ccc(NCC2CCOCC2)c([N+](=O)[O-])c1)c1ccc(C2CCC(N3CCCC3c3cccc(C4CC4)c3)CC2)cc1Oc1cnc2[nH]ccc2c1.O=C(NS(=O)(=O)c1ccc(NCC2CCOCC2)c([N+](=O)[O-])c1)c1ccc(C2CCC(N3CCCC3c3cccc(C4CC4)c3)CC2)cc1Oc1cnc2[nH]ccc2c1. The molecule has 6 N–H and O–H groups in total. The maximum Gasteiger partial charge on any atom is 0.293 e. The molecule has 2 atom stereocenters. The van der Waals surface area contributed by atoms with Crippen LogP contribution >= 0.6 is 0 Å². The van der Waals surface area contributed by atoms with Gasteiger partial charge in [-0.25, -0.2) is 36.2 Å². The Morgan fingerprint density at radius 1 is 0.449 bits per heavy atom. The van der Waals surface area contributed by atoms with E-state index in [1.807, 2.05) is 36.4 Å². The molecule has 18 rings (SSSR count). The van der Waals surface area contributed by atoms with E-state index in [4.69, 9.17) is 18.9 Å². The van der Waals surface area contributed by atoms with E-state index in [0.29, 0.717) is 86.5 Å². The average Bonchev–Trinajstić information content (AvgIpc) is 1.73. The average molecular weight is 1640 g/mol. The normalized spacial score (nSPS) is 21.7. The minimum Gasteiger partial charge on any atom is -0.455 e. The second-order valence-corrected chi connectivity index (χ2v) is 36.6. The number of likely N-dealkylation sites (tertiary alicyclic amines) is 2. The van der Waals surface area contributed by atoms with Gasteiger partial charge < -0.3 is 39.5 Å². The summed E-state index contributed by atoms with van der Waals surface area (Å²) >= 11 is 0. The van der Waals surface area contributed by atoms with Crippen molar-refractivity contribution in [2.24, 2.45) is 11.8 Å². The Kier molecular flexibility index (Phi) is 23.8. The van der Waals surface area contributed by atoms with Gasteiger partial charge in [-0.1, -0.05) is 60.7 Å². The number of anilines is 2. The summed E-state index contributed by atoms with van der Waals surface area (Å²) in [6.45, 7) is 5.76. The lowest BCUT2D eigenvalue weighted by Crippen LogP contribution is -2.37. The molecule has 26 nitrogen and oxygen atoms in total. The Morgan fingerprint density at radius 2 is 0.831 bits per heavy atom. The quantitative estimate of drug-likeness (QED) is 0.0217. The van der Waals surface area contributed by atoms with Crippen molar-refractivity contribution in [3.05, 3.63) is 235 Å². The number of ether oxygens (including phenoxy) is 4. The van der Waals surface area contributed by atoms with Gasteiger partial charge in [0, 0.05) is 99.0 Å². The first kappa shape index (κ1) is 79.8. The highest BCUT2D eigenvalue weighted by atomic mass is 32.2. The lowest BCUT2D eigenvalue weighted by molar-refractivity contribution is -0.384. The Hall–Kier alpha value is -10.6. The van der Waals surface area contributed by atoms with E-state index in [0.717, 1.165) is 136 Å². The summed E-state index contributed by atoms with van der Waals surface area (Å²) in [6, 6.07) is 45.7. The number of benzene rings is 6. The number of fused-ring (bicyclic) bond motifs is 2. The number of nitro groups is 2. The number of nitro benzene ring substituents is 2. The molecule has 10 aromatic rings. The number of rotatable bonds is 26. The number of amides is 2. The summed E-state index contributed by atoms with van der Waals surface area (Å²) in [5, 5.41) is 32.0. The van der Waals surface area contributed by atoms with Crippen LogP contribution in [0.2, 0.25) is 0 Å². The molecule has 616 valence electrons. The standard InChI is InChI=1S/2C45H50N6O7S/c2*52-45(49-59(55,56)38-13-15-40(42(26-38)51(53)54)47-27-29-17-21-57-22-18-29)39-14-10-33(25-43(39)58-37-24-35-16-19-46-44(35)48-28-37)31-8-11-36(12-9-31)50-20-2-5-41(50)34-4-1-3-32(23-34)30-6-7-30/h2*1,3-4,10,13-16,19,23-26,28-31,36,41,47H,2,5-9,11-12,17-18,20-22,27H2,(H,46,48)(H,49,52). The summed E-state index contributed by atoms with van der Waals surface area (Å²) in [6.07, 6.45) is 28.1. The monoisotopic (exact) mass is 1640 g/mol. The van der Waals surface area contributed by atoms with Crippen LogP contribution in [0.5, 0.6) is 23.0 Å². The largest absolute Gasteiger partial charge is 0.455 e. The number of pyridine rings is 2. The van der Waals surface area contributed by atoms with Crippen LogP contribution in [0, 0.1) is 32.1 Å². The van der Waals surface area contributed by atoms with Gasteiger partial charge >= 0.3 is 0 Å². The van der Waals surface area contributed by atoms with Gasteiger partial charge in [0.05, 0.1) is 43.2 Å². The van der Waals surface area contributed by atoms with Gasteiger partial charge in [-0.15, -0.1) is 0 Å². The summed E-state index contributed by atoms with van der Waals surface area (Å²) in [4.78, 5) is 70.4. The molecule has 4 aliphatic heterocycles. The Balaban J connectivity index is 0.000000169. The number of carbonyl (C=O) groups excluding carboxylic acids is 2. The van der Waals surface area contributed by atoms with Crippen molar-refractivity contribution in [1.82, 2.24) is 39.2 Å². The molecule has 118 heavy (non-hydrogen) atoms. The zero-order chi connectivity index (χ0) is 81.0. The molecule has 0 spiro atoms.